The molecule has 0 radical (unpaired) electrons. The Labute approximate surface area is 100 Å². The van der Waals surface area contributed by atoms with Crippen LogP contribution in [0.1, 0.15) is 11.1 Å². The van der Waals surface area contributed by atoms with Crippen LogP contribution in [0.25, 0.3) is 0 Å². The van der Waals surface area contributed by atoms with Gasteiger partial charge in [0, 0.05) is 5.56 Å². The SMILES string of the molecule is N#CC(=NN=C(N)N)c1ccccc1C(F)(F)F. The maximum atomic E-state index is 12.7. The Balaban J connectivity index is 3.37. The van der Waals surface area contributed by atoms with Crippen molar-refractivity contribution in [2.45, 2.75) is 6.18 Å². The predicted octanol–water partition coefficient (Wildman–Crippen LogP) is 1.21. The number of halogens is 3. The Morgan fingerprint density at radius 2 is 1.78 bits per heavy atom. The predicted molar refractivity (Wildman–Crippen MR) is 59.4 cm³/mol. The Bertz CT molecular complexity index is 535. The van der Waals surface area contributed by atoms with E-state index in [4.69, 9.17) is 16.7 Å². The summed E-state index contributed by atoms with van der Waals surface area (Å²) in [7, 11) is 0. The molecule has 8 heteroatoms. The van der Waals surface area contributed by atoms with E-state index >= 15 is 0 Å². The van der Waals surface area contributed by atoms with Gasteiger partial charge in [0.2, 0.25) is 5.96 Å². The van der Waals surface area contributed by atoms with E-state index in [1.807, 2.05) is 0 Å². The molecule has 0 saturated heterocycles. The molecule has 0 unspecified atom stereocenters. The highest BCUT2D eigenvalue weighted by Crippen LogP contribution is 2.32. The molecule has 0 aliphatic rings. The molecular formula is C10H8F3N5. The van der Waals surface area contributed by atoms with Crippen molar-refractivity contribution < 1.29 is 13.2 Å². The second kappa shape index (κ2) is 5.18. The highest BCUT2D eigenvalue weighted by molar-refractivity contribution is 6.12. The molecule has 0 aliphatic carbocycles. The van der Waals surface area contributed by atoms with Gasteiger partial charge in [-0.25, -0.2) is 0 Å². The van der Waals surface area contributed by atoms with Crippen molar-refractivity contribution in [3.8, 4) is 6.07 Å². The van der Waals surface area contributed by atoms with Crippen LogP contribution in [0.5, 0.6) is 0 Å². The molecular weight excluding hydrogens is 247 g/mol. The number of nitriles is 1. The van der Waals surface area contributed by atoms with E-state index in [0.29, 0.717) is 0 Å². The van der Waals surface area contributed by atoms with Crippen LogP contribution in [-0.2, 0) is 6.18 Å². The van der Waals surface area contributed by atoms with Crippen LogP contribution in [-0.4, -0.2) is 11.7 Å². The second-order valence-corrected chi connectivity index (χ2v) is 3.13. The normalized spacial score (nSPS) is 11.8. The average molecular weight is 255 g/mol. The summed E-state index contributed by atoms with van der Waals surface area (Å²) in [6, 6.07) is 6.05. The minimum Gasteiger partial charge on any atom is -0.369 e. The number of hydrogen-bond acceptors (Lipinski definition) is 3. The van der Waals surface area contributed by atoms with Crippen LogP contribution >= 0.6 is 0 Å². The van der Waals surface area contributed by atoms with Gasteiger partial charge < -0.3 is 11.5 Å². The van der Waals surface area contributed by atoms with Crippen molar-refractivity contribution in [1.29, 1.82) is 5.26 Å². The molecule has 1 rings (SSSR count). The van der Waals surface area contributed by atoms with E-state index in [1.165, 1.54) is 18.2 Å². The lowest BCUT2D eigenvalue weighted by Gasteiger charge is -2.10. The van der Waals surface area contributed by atoms with Gasteiger partial charge in [0.05, 0.1) is 5.56 Å². The van der Waals surface area contributed by atoms with E-state index in [0.717, 1.165) is 12.1 Å². The van der Waals surface area contributed by atoms with E-state index in [9.17, 15) is 13.2 Å². The van der Waals surface area contributed by atoms with Crippen molar-refractivity contribution in [3.05, 3.63) is 35.4 Å². The fourth-order valence-electron chi connectivity index (χ4n) is 1.18. The van der Waals surface area contributed by atoms with Crippen molar-refractivity contribution in [3.63, 3.8) is 0 Å². The summed E-state index contributed by atoms with van der Waals surface area (Å²) in [6.07, 6.45) is -4.59. The maximum Gasteiger partial charge on any atom is 0.417 e. The molecule has 0 saturated carbocycles. The molecule has 18 heavy (non-hydrogen) atoms. The maximum absolute atomic E-state index is 12.7. The quantitative estimate of drug-likeness (QED) is 0.471. The third kappa shape index (κ3) is 3.21. The Kier molecular flexibility index (Phi) is 3.89. The summed E-state index contributed by atoms with van der Waals surface area (Å²) in [5.74, 6) is -0.452. The van der Waals surface area contributed by atoms with Crippen molar-refractivity contribution in [2.75, 3.05) is 0 Å². The van der Waals surface area contributed by atoms with Crippen LogP contribution in [0.4, 0.5) is 13.2 Å². The molecule has 5 nitrogen and oxygen atoms in total. The van der Waals surface area contributed by atoms with Gasteiger partial charge in [0.15, 0.2) is 5.71 Å². The summed E-state index contributed by atoms with van der Waals surface area (Å²) in [6.45, 7) is 0. The summed E-state index contributed by atoms with van der Waals surface area (Å²) in [5.41, 5.74) is 8.10. The van der Waals surface area contributed by atoms with Crippen molar-refractivity contribution in [1.82, 2.24) is 0 Å². The van der Waals surface area contributed by atoms with Crippen molar-refractivity contribution >= 4 is 11.7 Å². The van der Waals surface area contributed by atoms with Crippen LogP contribution in [0, 0.1) is 11.3 Å². The third-order valence-electron chi connectivity index (χ3n) is 1.86. The molecule has 1 aromatic rings. The first kappa shape index (κ1) is 13.5. The van der Waals surface area contributed by atoms with Crippen molar-refractivity contribution in [2.24, 2.45) is 21.7 Å². The van der Waals surface area contributed by atoms with E-state index in [2.05, 4.69) is 10.2 Å². The van der Waals surface area contributed by atoms with Gasteiger partial charge in [0.25, 0.3) is 0 Å². The van der Waals surface area contributed by atoms with Gasteiger partial charge in [-0.2, -0.15) is 18.4 Å². The Morgan fingerprint density at radius 3 is 2.28 bits per heavy atom. The molecule has 0 atom stereocenters. The molecule has 0 amide bonds. The van der Waals surface area contributed by atoms with E-state index in [-0.39, 0.29) is 5.56 Å². The standard InChI is InChI=1S/C10H8F3N5/c11-10(12,13)7-4-2-1-3-6(7)8(5-14)17-18-9(15)16/h1-4H,(H4,15,16,18). The van der Waals surface area contributed by atoms with E-state index in [1.54, 1.807) is 0 Å². The number of guanidine groups is 1. The molecule has 0 bridgehead atoms. The first-order valence-electron chi connectivity index (χ1n) is 4.59. The van der Waals surface area contributed by atoms with Crippen LogP contribution in [0.3, 0.4) is 0 Å². The lowest BCUT2D eigenvalue weighted by atomic mass is 10.0. The van der Waals surface area contributed by atoms with Crippen LogP contribution in [0.2, 0.25) is 0 Å². The van der Waals surface area contributed by atoms with Crippen LogP contribution < -0.4 is 11.5 Å². The first-order valence-corrected chi connectivity index (χ1v) is 4.59. The number of nitrogens with zero attached hydrogens (tertiary/aromatic N) is 3. The molecule has 94 valence electrons. The zero-order valence-electron chi connectivity index (χ0n) is 8.94. The fourth-order valence-corrected chi connectivity index (χ4v) is 1.18. The highest BCUT2D eigenvalue weighted by Gasteiger charge is 2.34. The summed E-state index contributed by atoms with van der Waals surface area (Å²) in [5, 5.41) is 15.2. The Hall–Kier alpha value is -2.56. The molecule has 1 aromatic carbocycles. The average Bonchev–Trinajstić information content (AvgIpc) is 2.29. The molecule has 4 N–H and O–H groups in total. The Morgan fingerprint density at radius 1 is 1.17 bits per heavy atom. The van der Waals surface area contributed by atoms with Gasteiger partial charge in [-0.05, 0) is 6.07 Å². The topological polar surface area (TPSA) is 101 Å². The monoisotopic (exact) mass is 255 g/mol. The molecule has 0 aliphatic heterocycles. The number of nitrogens with two attached hydrogens (primary N) is 2. The lowest BCUT2D eigenvalue weighted by Crippen LogP contribution is -2.22. The number of hydrogen-bond donors (Lipinski definition) is 2. The van der Waals surface area contributed by atoms with Gasteiger partial charge in [-0.3, -0.25) is 0 Å². The van der Waals surface area contributed by atoms with Gasteiger partial charge in [0.1, 0.15) is 6.07 Å². The first-order chi connectivity index (χ1) is 8.36. The minimum absolute atomic E-state index is 0.377. The zero-order chi connectivity index (χ0) is 13.8. The number of alkyl halides is 3. The van der Waals surface area contributed by atoms with Crippen LogP contribution in [0.15, 0.2) is 34.5 Å². The molecule has 0 heterocycles. The van der Waals surface area contributed by atoms with Gasteiger partial charge in [-0.1, -0.05) is 18.2 Å². The fraction of sp³-hybridized carbons (Fsp3) is 0.100. The number of benzene rings is 1. The third-order valence-corrected chi connectivity index (χ3v) is 1.86. The molecule has 0 fully saturated rings. The minimum atomic E-state index is -4.59. The summed E-state index contributed by atoms with van der Waals surface area (Å²) >= 11 is 0. The molecule has 0 aromatic heterocycles. The van der Waals surface area contributed by atoms with Gasteiger partial charge >= 0.3 is 6.18 Å². The molecule has 0 spiro atoms. The summed E-state index contributed by atoms with van der Waals surface area (Å²) < 4.78 is 38.1. The smallest absolute Gasteiger partial charge is 0.369 e. The zero-order valence-corrected chi connectivity index (χ0v) is 8.94. The largest absolute Gasteiger partial charge is 0.417 e. The summed E-state index contributed by atoms with van der Waals surface area (Å²) in [4.78, 5) is 0. The second-order valence-electron chi connectivity index (χ2n) is 3.13. The van der Waals surface area contributed by atoms with E-state index < -0.39 is 23.4 Å². The highest BCUT2D eigenvalue weighted by atomic mass is 19.4. The lowest BCUT2D eigenvalue weighted by molar-refractivity contribution is -0.137. The number of rotatable bonds is 2. The van der Waals surface area contributed by atoms with Gasteiger partial charge in [-0.15, -0.1) is 10.2 Å².